The van der Waals surface area contributed by atoms with Crippen molar-refractivity contribution in [1.29, 1.82) is 5.26 Å². The number of piperazine rings is 1. The molecule has 2 aromatic rings. The smallest absolute Gasteiger partial charge is 0.408 e. The van der Waals surface area contributed by atoms with Gasteiger partial charge in [0.15, 0.2) is 18.3 Å². The van der Waals surface area contributed by atoms with Crippen LogP contribution in [0.1, 0.15) is 78.7 Å². The number of benzene rings is 2. The van der Waals surface area contributed by atoms with Crippen LogP contribution in [-0.2, 0) is 27.1 Å². The normalized spacial score (nSPS) is 24.0. The second-order valence-corrected chi connectivity index (χ2v) is 14.5. The summed E-state index contributed by atoms with van der Waals surface area (Å²) in [6.45, 7) is 12.9. The fourth-order valence-corrected chi connectivity index (χ4v) is 8.09. The number of fused-ring (bicyclic) bond motifs is 9. The van der Waals surface area contributed by atoms with Gasteiger partial charge in [-0.25, -0.2) is 4.79 Å². The Morgan fingerprint density at radius 3 is 2.48 bits per heavy atom. The Balaban J connectivity index is 0.00000486. The van der Waals surface area contributed by atoms with Crippen LogP contribution >= 0.6 is 0 Å². The second-order valence-electron chi connectivity index (χ2n) is 14.5. The van der Waals surface area contributed by atoms with Gasteiger partial charge in [0.1, 0.15) is 29.2 Å². The number of carbonyl (C=O) groups excluding carboxylic acids is 2. The number of nitrogens with one attached hydrogen (secondary N) is 2. The number of nitrogens with zero attached hydrogens (tertiary/aromatic N) is 3. The van der Waals surface area contributed by atoms with Crippen LogP contribution < -0.4 is 24.8 Å². The average Bonchev–Trinajstić information content (AvgIpc) is 3.52. The zero-order valence-corrected chi connectivity index (χ0v) is 35.0. The monoisotopic (exact) mass is 904 g/mol. The van der Waals surface area contributed by atoms with Crippen molar-refractivity contribution in [2.75, 3.05) is 34.3 Å². The number of aromatic hydroxyl groups is 1. The van der Waals surface area contributed by atoms with Gasteiger partial charge in [0.25, 0.3) is 0 Å². The molecule has 0 spiro atoms. The zero-order chi connectivity index (χ0) is 35.5. The van der Waals surface area contributed by atoms with E-state index >= 15 is 0 Å². The van der Waals surface area contributed by atoms with E-state index in [1.54, 1.807) is 41.7 Å². The number of alkyl carbamates (subject to hydrolysis) is 1. The molecule has 2 amide bonds. The number of amides is 2. The minimum absolute atomic E-state index is 0. The Labute approximate surface area is 329 Å². The summed E-state index contributed by atoms with van der Waals surface area (Å²) in [5.74, 6) is 1.43. The van der Waals surface area contributed by atoms with Crippen molar-refractivity contribution >= 4 is 12.0 Å². The topological polar surface area (TPSA) is 155 Å². The third-order valence-corrected chi connectivity index (χ3v) is 10.4. The van der Waals surface area contributed by atoms with Crippen LogP contribution in [0.15, 0.2) is 6.07 Å². The first-order valence-corrected chi connectivity index (χ1v) is 16.7. The molecule has 13 nitrogen and oxygen atoms in total. The third kappa shape index (κ3) is 6.65. The van der Waals surface area contributed by atoms with Gasteiger partial charge in [-0.05, 0) is 85.0 Å². The summed E-state index contributed by atoms with van der Waals surface area (Å²) in [6, 6.07) is 2.09. The van der Waals surface area contributed by atoms with Crippen molar-refractivity contribution in [3.63, 3.8) is 0 Å². The van der Waals surface area contributed by atoms with E-state index in [2.05, 4.69) is 46.5 Å². The van der Waals surface area contributed by atoms with Gasteiger partial charge in [0.05, 0.1) is 18.2 Å². The number of phenols is 1. The van der Waals surface area contributed by atoms with E-state index in [0.717, 1.165) is 28.0 Å². The maximum Gasteiger partial charge on any atom is 0.408 e. The van der Waals surface area contributed by atoms with Gasteiger partial charge in [0.2, 0.25) is 12.7 Å². The maximum atomic E-state index is 13.5. The Bertz CT molecular complexity index is 1720. The summed E-state index contributed by atoms with van der Waals surface area (Å²) in [4.78, 5) is 30.4. The number of phenolic OH excluding ortho intramolecular Hbond substituents is 1. The fraction of sp³-hybridized carbons (Fsp3) is 0.583. The molecule has 14 heteroatoms. The molecule has 1 unspecified atom stereocenters. The van der Waals surface area contributed by atoms with Crippen molar-refractivity contribution in [1.82, 2.24) is 20.4 Å². The van der Waals surface area contributed by atoms with Gasteiger partial charge in [-0.2, -0.15) is 5.26 Å². The molecule has 267 valence electrons. The minimum Gasteiger partial charge on any atom is -0.507 e. The van der Waals surface area contributed by atoms with Crippen LogP contribution in [0.4, 0.5) is 4.79 Å². The van der Waals surface area contributed by atoms with Crippen LogP contribution in [0.2, 0.25) is 0 Å². The summed E-state index contributed by atoms with van der Waals surface area (Å²) in [5, 5.41) is 28.2. The van der Waals surface area contributed by atoms with Gasteiger partial charge in [-0.15, -0.1) is 0 Å². The van der Waals surface area contributed by atoms with Crippen molar-refractivity contribution in [2.24, 2.45) is 0 Å². The molecule has 0 aromatic heterocycles. The number of hydrogen-bond acceptors (Lipinski definition) is 11. The van der Waals surface area contributed by atoms with E-state index in [0.29, 0.717) is 41.0 Å². The molecule has 2 aromatic carbocycles. The minimum atomic E-state index is -0.900. The number of carbonyl (C=O) groups is 2. The Kier molecular flexibility index (Phi) is 11.3. The number of rotatable bonds is 7. The maximum absolute atomic E-state index is 13.5. The van der Waals surface area contributed by atoms with Crippen molar-refractivity contribution < 1.29 is 82.4 Å². The molecular formula is C36H47AcN5O8. The number of ether oxygens (including phenoxy) is 5. The van der Waals surface area contributed by atoms with E-state index in [-0.39, 0.29) is 88.1 Å². The first-order chi connectivity index (χ1) is 23.2. The SMILES string of the molecule is COCOc1c(C)c(C)cc2c1[C@@H]1C3Cc4c(O)c(C)c5c(c4[C@H](CNC(=O)[C@H](C)NC(=O)OC(C)(C)C)N3[C@@H](C#N)[C@H](C2)N1C)OCO5.[Ac]. The van der Waals surface area contributed by atoms with Crippen LogP contribution in [-0.4, -0.2) is 91.0 Å². The molecular weight excluding hydrogens is 857 g/mol. The zero-order valence-electron chi connectivity index (χ0n) is 30.3. The van der Waals surface area contributed by atoms with Gasteiger partial charge in [0, 0.05) is 92.1 Å². The molecule has 3 N–H and O–H groups in total. The number of aryl methyl sites for hydroxylation is 1. The van der Waals surface area contributed by atoms with Crippen LogP contribution in [0.5, 0.6) is 23.0 Å². The number of nitriles is 1. The summed E-state index contributed by atoms with van der Waals surface area (Å²) in [6.07, 6.45) is 0.331. The standard InChI is InChI=1S/C36H47N5O8.Ac/c1-17-10-21-11-23-25(13-37)41-24(29(40(23)8)27(21)31(18(17)2)46-15-45-9)12-22-28(33-32(47-16-48-33)19(3)30(22)42)26(41)14-38-34(43)20(4)39-35(44)49-36(5,6)7;/h10,20,23-26,29,42H,11-12,14-16H2,1-9H3,(H,38,43)(H,39,44);/t20-,23-,24?,25-,26-,29-;/m0./s1. The number of likely N-dealkylation sites (N-methyl/N-ethyl adjacent to an activating group) is 1. The average molecular weight is 905 g/mol. The van der Waals surface area contributed by atoms with E-state index in [9.17, 15) is 20.0 Å². The summed E-state index contributed by atoms with van der Waals surface area (Å²) >= 11 is 0. The molecule has 1 fully saturated rings. The molecule has 1 radical (unpaired) electrons. The second kappa shape index (κ2) is 14.7. The van der Waals surface area contributed by atoms with E-state index in [1.165, 1.54) is 0 Å². The van der Waals surface area contributed by atoms with E-state index < -0.39 is 35.7 Å². The first kappa shape index (κ1) is 38.4. The summed E-state index contributed by atoms with van der Waals surface area (Å²) in [5.41, 5.74) is 5.54. The van der Waals surface area contributed by atoms with Crippen molar-refractivity contribution in [2.45, 2.75) is 103 Å². The predicted octanol–water partition coefficient (Wildman–Crippen LogP) is 3.83. The van der Waals surface area contributed by atoms with Crippen LogP contribution in [0.25, 0.3) is 0 Å². The van der Waals surface area contributed by atoms with Crippen LogP contribution in [0, 0.1) is 76.2 Å². The third-order valence-electron chi connectivity index (χ3n) is 10.4. The van der Waals surface area contributed by atoms with Crippen LogP contribution in [0.3, 0.4) is 0 Å². The molecule has 4 aliphatic rings. The molecule has 1 saturated heterocycles. The van der Waals surface area contributed by atoms with Crippen molar-refractivity contribution in [3.8, 4) is 29.1 Å². The van der Waals surface area contributed by atoms with Crippen molar-refractivity contribution in [3.05, 3.63) is 45.0 Å². The predicted molar refractivity (Wildman–Crippen MR) is 179 cm³/mol. The van der Waals surface area contributed by atoms with Gasteiger partial charge >= 0.3 is 6.09 Å². The Hall–Kier alpha value is -2.81. The van der Waals surface area contributed by atoms with E-state index in [1.807, 2.05) is 6.92 Å². The van der Waals surface area contributed by atoms with E-state index in [4.69, 9.17) is 23.7 Å². The molecule has 4 aliphatic heterocycles. The molecule has 6 rings (SSSR count). The molecule has 6 atom stereocenters. The fourth-order valence-electron chi connectivity index (χ4n) is 8.09. The number of methoxy groups -OCH3 is 1. The Morgan fingerprint density at radius 2 is 1.82 bits per heavy atom. The largest absolute Gasteiger partial charge is 0.507 e. The summed E-state index contributed by atoms with van der Waals surface area (Å²) in [7, 11) is 3.64. The number of hydrogen-bond donors (Lipinski definition) is 3. The summed E-state index contributed by atoms with van der Waals surface area (Å²) < 4.78 is 28.9. The van der Waals surface area contributed by atoms with Gasteiger partial charge in [-0.3, -0.25) is 14.6 Å². The molecule has 2 bridgehead atoms. The Morgan fingerprint density at radius 1 is 1.12 bits per heavy atom. The van der Waals surface area contributed by atoms with Gasteiger partial charge < -0.3 is 39.4 Å². The first-order valence-electron chi connectivity index (χ1n) is 16.7. The molecule has 0 aliphatic carbocycles. The molecule has 4 heterocycles. The molecule has 0 saturated carbocycles. The van der Waals surface area contributed by atoms with Gasteiger partial charge in [-0.1, -0.05) is 6.07 Å². The quantitative estimate of drug-likeness (QED) is 0.348. The molecule has 50 heavy (non-hydrogen) atoms.